The van der Waals surface area contributed by atoms with E-state index >= 15 is 0 Å². The fraction of sp³-hybridized carbons (Fsp3) is 0.211. The lowest BCUT2D eigenvalue weighted by atomic mass is 10.1. The zero-order valence-electron chi connectivity index (χ0n) is 13.2. The van der Waals surface area contributed by atoms with Crippen LogP contribution in [0.1, 0.15) is 27.0 Å². The van der Waals surface area contributed by atoms with Crippen LogP contribution in [0.4, 0.5) is 5.69 Å². The zero-order valence-corrected chi connectivity index (χ0v) is 13.2. The summed E-state index contributed by atoms with van der Waals surface area (Å²) in [4.78, 5) is 12.0. The van der Waals surface area contributed by atoms with Gasteiger partial charge in [-0.1, -0.05) is 35.4 Å². The average Bonchev–Trinajstić information content (AvgIpc) is 2.50. The molecule has 0 aliphatic carbocycles. The first-order valence-corrected chi connectivity index (χ1v) is 7.28. The molecular formula is C19H21NO2. The zero-order chi connectivity index (χ0) is 15.9. The molecule has 3 nitrogen and oxygen atoms in total. The van der Waals surface area contributed by atoms with Gasteiger partial charge in [0.05, 0.1) is 5.56 Å². The summed E-state index contributed by atoms with van der Waals surface area (Å²) in [7, 11) is 1.88. The quantitative estimate of drug-likeness (QED) is 0.839. The van der Waals surface area contributed by atoms with Crippen molar-refractivity contribution in [1.82, 2.24) is 0 Å². The first kappa shape index (κ1) is 15.8. The van der Waals surface area contributed by atoms with Gasteiger partial charge in [0.15, 0.2) is 0 Å². The molecule has 0 spiro atoms. The molecule has 0 fully saturated rings. The molecule has 2 rings (SSSR count). The number of aryl methyl sites for hydroxylation is 2. The van der Waals surface area contributed by atoms with E-state index in [1.165, 1.54) is 0 Å². The van der Waals surface area contributed by atoms with Crippen molar-refractivity contribution in [3.05, 3.63) is 70.8 Å². The molecule has 22 heavy (non-hydrogen) atoms. The number of esters is 1. The molecule has 0 bridgehead atoms. The Morgan fingerprint density at radius 1 is 1.14 bits per heavy atom. The number of ether oxygens (including phenoxy) is 1. The van der Waals surface area contributed by atoms with Gasteiger partial charge >= 0.3 is 5.97 Å². The Balaban J connectivity index is 1.92. The molecule has 0 saturated carbocycles. The Morgan fingerprint density at radius 3 is 2.55 bits per heavy atom. The van der Waals surface area contributed by atoms with Gasteiger partial charge in [0.2, 0.25) is 0 Å². The maximum atomic E-state index is 12.0. The number of hydrogen-bond acceptors (Lipinski definition) is 3. The lowest BCUT2D eigenvalue weighted by Gasteiger charge is -2.05. The standard InChI is InChI=1S/C19H21NO2/c1-14-10-15(2)12-17(11-14)19(21)22-9-5-7-16-6-4-8-18(13-16)20-3/h4-8,10-13,20H,9H2,1-3H3/b7-5+. The largest absolute Gasteiger partial charge is 0.458 e. The van der Waals surface area contributed by atoms with E-state index in [0.717, 1.165) is 22.4 Å². The van der Waals surface area contributed by atoms with Gasteiger partial charge in [-0.3, -0.25) is 0 Å². The van der Waals surface area contributed by atoms with Gasteiger partial charge in [0.25, 0.3) is 0 Å². The number of benzene rings is 2. The van der Waals surface area contributed by atoms with E-state index in [0.29, 0.717) is 5.56 Å². The highest BCUT2D eigenvalue weighted by atomic mass is 16.5. The van der Waals surface area contributed by atoms with Crippen LogP contribution in [0.3, 0.4) is 0 Å². The maximum Gasteiger partial charge on any atom is 0.338 e. The molecule has 0 aliphatic heterocycles. The second-order valence-corrected chi connectivity index (χ2v) is 5.25. The maximum absolute atomic E-state index is 12.0. The molecule has 1 N–H and O–H groups in total. The number of hydrogen-bond donors (Lipinski definition) is 1. The van der Waals surface area contributed by atoms with E-state index in [1.54, 1.807) is 0 Å². The molecule has 2 aromatic rings. The normalized spacial score (nSPS) is 10.7. The topological polar surface area (TPSA) is 38.3 Å². The number of anilines is 1. The van der Waals surface area contributed by atoms with Crippen LogP contribution in [0.25, 0.3) is 6.08 Å². The van der Waals surface area contributed by atoms with E-state index in [4.69, 9.17) is 4.74 Å². The van der Waals surface area contributed by atoms with Crippen LogP contribution in [-0.2, 0) is 4.74 Å². The van der Waals surface area contributed by atoms with Crippen LogP contribution >= 0.6 is 0 Å². The minimum absolute atomic E-state index is 0.260. The number of nitrogens with one attached hydrogen (secondary N) is 1. The summed E-state index contributed by atoms with van der Waals surface area (Å²) in [6.45, 7) is 4.20. The van der Waals surface area contributed by atoms with Crippen molar-refractivity contribution in [1.29, 1.82) is 0 Å². The van der Waals surface area contributed by atoms with Crippen LogP contribution < -0.4 is 5.32 Å². The first-order chi connectivity index (χ1) is 10.6. The summed E-state index contributed by atoms with van der Waals surface area (Å²) in [6, 6.07) is 13.7. The van der Waals surface area contributed by atoms with Crippen molar-refractivity contribution in [2.75, 3.05) is 19.0 Å². The van der Waals surface area contributed by atoms with Crippen LogP contribution in [0.5, 0.6) is 0 Å². The molecule has 0 saturated heterocycles. The van der Waals surface area contributed by atoms with E-state index in [-0.39, 0.29) is 12.6 Å². The van der Waals surface area contributed by atoms with Crippen molar-refractivity contribution in [3.8, 4) is 0 Å². The highest BCUT2D eigenvalue weighted by molar-refractivity contribution is 5.89. The lowest BCUT2D eigenvalue weighted by Crippen LogP contribution is -2.05. The fourth-order valence-corrected chi connectivity index (χ4v) is 2.28. The molecule has 2 aromatic carbocycles. The number of rotatable bonds is 5. The Hall–Kier alpha value is -2.55. The van der Waals surface area contributed by atoms with E-state index in [1.807, 2.05) is 75.5 Å². The van der Waals surface area contributed by atoms with Crippen LogP contribution in [0.2, 0.25) is 0 Å². The third-order valence-corrected chi connectivity index (χ3v) is 3.25. The number of carbonyl (C=O) groups excluding carboxylic acids is 1. The van der Waals surface area contributed by atoms with Crippen molar-refractivity contribution in [3.63, 3.8) is 0 Å². The van der Waals surface area contributed by atoms with E-state index < -0.39 is 0 Å². The SMILES string of the molecule is CNc1cccc(/C=C/COC(=O)c2cc(C)cc(C)c2)c1. The summed E-state index contributed by atoms with van der Waals surface area (Å²) in [5.41, 5.74) is 4.84. The van der Waals surface area contributed by atoms with Gasteiger partial charge in [-0.05, 0) is 49.8 Å². The molecule has 0 unspecified atom stereocenters. The second-order valence-electron chi connectivity index (χ2n) is 5.25. The molecule has 0 radical (unpaired) electrons. The lowest BCUT2D eigenvalue weighted by molar-refractivity contribution is 0.0550. The van der Waals surface area contributed by atoms with E-state index in [9.17, 15) is 4.79 Å². The van der Waals surface area contributed by atoms with Gasteiger partial charge < -0.3 is 10.1 Å². The summed E-state index contributed by atoms with van der Waals surface area (Å²) < 4.78 is 5.28. The molecule has 0 aliphatic rings. The molecule has 3 heteroatoms. The highest BCUT2D eigenvalue weighted by Gasteiger charge is 2.07. The smallest absolute Gasteiger partial charge is 0.338 e. The molecular weight excluding hydrogens is 274 g/mol. The highest BCUT2D eigenvalue weighted by Crippen LogP contribution is 2.12. The van der Waals surface area contributed by atoms with Crippen LogP contribution in [0, 0.1) is 13.8 Å². The van der Waals surface area contributed by atoms with Crippen molar-refractivity contribution < 1.29 is 9.53 Å². The average molecular weight is 295 g/mol. The van der Waals surface area contributed by atoms with Gasteiger partial charge in [-0.15, -0.1) is 0 Å². The monoisotopic (exact) mass is 295 g/mol. The second kappa shape index (κ2) is 7.46. The fourth-order valence-electron chi connectivity index (χ4n) is 2.28. The minimum atomic E-state index is -0.291. The Labute approximate surface area is 131 Å². The number of carbonyl (C=O) groups is 1. The van der Waals surface area contributed by atoms with Gasteiger partial charge in [-0.2, -0.15) is 0 Å². The molecule has 0 atom stereocenters. The Morgan fingerprint density at radius 2 is 1.86 bits per heavy atom. The molecule has 0 amide bonds. The van der Waals surface area contributed by atoms with Gasteiger partial charge in [0.1, 0.15) is 6.61 Å². The first-order valence-electron chi connectivity index (χ1n) is 7.28. The molecule has 0 aromatic heterocycles. The Kier molecular flexibility index (Phi) is 5.37. The molecule has 114 valence electrons. The summed E-state index contributed by atoms with van der Waals surface area (Å²) in [5.74, 6) is -0.291. The van der Waals surface area contributed by atoms with Crippen molar-refractivity contribution in [2.24, 2.45) is 0 Å². The third kappa shape index (κ3) is 4.48. The van der Waals surface area contributed by atoms with Crippen molar-refractivity contribution in [2.45, 2.75) is 13.8 Å². The Bertz CT molecular complexity index is 669. The predicted octanol–water partition coefficient (Wildman–Crippen LogP) is 4.22. The van der Waals surface area contributed by atoms with Crippen molar-refractivity contribution >= 4 is 17.7 Å². The predicted molar refractivity (Wildman–Crippen MR) is 91.2 cm³/mol. The molecule has 0 heterocycles. The summed E-state index contributed by atoms with van der Waals surface area (Å²) >= 11 is 0. The van der Waals surface area contributed by atoms with E-state index in [2.05, 4.69) is 5.32 Å². The van der Waals surface area contributed by atoms with Crippen LogP contribution in [-0.4, -0.2) is 19.6 Å². The summed E-state index contributed by atoms with van der Waals surface area (Å²) in [5, 5.41) is 3.09. The van der Waals surface area contributed by atoms with Crippen LogP contribution in [0.15, 0.2) is 48.5 Å². The third-order valence-electron chi connectivity index (χ3n) is 3.25. The summed E-state index contributed by atoms with van der Waals surface area (Å²) in [6.07, 6.45) is 3.78. The van der Waals surface area contributed by atoms with Gasteiger partial charge in [-0.25, -0.2) is 4.79 Å². The van der Waals surface area contributed by atoms with Gasteiger partial charge in [0, 0.05) is 12.7 Å². The minimum Gasteiger partial charge on any atom is -0.458 e.